The van der Waals surface area contributed by atoms with Crippen LogP contribution in [0.15, 0.2) is 29.6 Å². The van der Waals surface area contributed by atoms with E-state index in [-0.39, 0.29) is 48.7 Å². The predicted molar refractivity (Wildman–Crippen MR) is 137 cm³/mol. The van der Waals surface area contributed by atoms with Crippen LogP contribution in [0.1, 0.15) is 58.3 Å². The van der Waals surface area contributed by atoms with Gasteiger partial charge in [-0.1, -0.05) is 12.1 Å². The second-order valence-electron chi connectivity index (χ2n) is 9.97. The lowest BCUT2D eigenvalue weighted by molar-refractivity contribution is -0.155. The van der Waals surface area contributed by atoms with Crippen LogP contribution in [0.2, 0.25) is 0 Å². The second-order valence-corrected chi connectivity index (χ2v) is 12.4. The fourth-order valence-electron chi connectivity index (χ4n) is 4.80. The van der Waals surface area contributed by atoms with Gasteiger partial charge in [0.25, 0.3) is 0 Å². The minimum atomic E-state index is -5.12. The number of amides is 1. The van der Waals surface area contributed by atoms with Gasteiger partial charge in [-0.05, 0) is 24.5 Å². The largest absolute Gasteiger partial charge is 0.435 e. The number of rotatable bonds is 6. The van der Waals surface area contributed by atoms with Crippen molar-refractivity contribution in [3.05, 3.63) is 62.9 Å². The standard InChI is InChI=1S/C25H24F6N4O6S2/c1-43(37,38)41-18-4-2-3-15-11-39-23(40-12-16(15)18)17-13-42-22(32-17)14-5-7-34(8-6-14)21(36)10-35-20(25(29,30)31)9-19(33-35)24(26,27)28/h2-4,9,13-14,23H,5-8,10-12H2,1H3. The first-order valence-corrected chi connectivity index (χ1v) is 15.5. The molecule has 2 aliphatic rings. The molecule has 0 saturated carbocycles. The Kier molecular flexibility index (Phi) is 8.49. The number of likely N-dealkylation sites (tertiary alicyclic amines) is 1. The zero-order valence-corrected chi connectivity index (χ0v) is 23.9. The van der Waals surface area contributed by atoms with Gasteiger partial charge in [-0.3, -0.25) is 9.48 Å². The molecule has 0 aliphatic carbocycles. The number of aromatic nitrogens is 3. The number of nitrogens with zero attached hydrogens (tertiary/aromatic N) is 4. The highest BCUT2D eigenvalue weighted by molar-refractivity contribution is 7.86. The molecule has 234 valence electrons. The van der Waals surface area contributed by atoms with E-state index in [2.05, 4.69) is 10.1 Å². The van der Waals surface area contributed by atoms with Crippen LogP contribution in [0, 0.1) is 0 Å². The molecule has 3 aromatic rings. The Morgan fingerprint density at radius 3 is 2.44 bits per heavy atom. The molecular weight excluding hydrogens is 630 g/mol. The van der Waals surface area contributed by atoms with Crippen molar-refractivity contribution in [2.45, 2.75) is 57.2 Å². The first kappa shape index (κ1) is 31.2. The minimum Gasteiger partial charge on any atom is -0.382 e. The molecule has 0 bridgehead atoms. The molecule has 0 N–H and O–H groups in total. The SMILES string of the molecule is CS(=O)(=O)Oc1cccc2c1COC(c1csc(C3CCN(C(=O)Cn4nc(C(F)(F)F)cc4C(F)(F)F)CC3)n1)OC2. The first-order chi connectivity index (χ1) is 20.1. The van der Waals surface area contributed by atoms with Crippen LogP contribution in [0.4, 0.5) is 26.3 Å². The molecule has 1 amide bonds. The van der Waals surface area contributed by atoms with Crippen LogP contribution in [-0.4, -0.2) is 53.3 Å². The number of hydrogen-bond donors (Lipinski definition) is 0. The van der Waals surface area contributed by atoms with Gasteiger partial charge in [0.1, 0.15) is 23.7 Å². The summed E-state index contributed by atoms with van der Waals surface area (Å²) in [6, 6.07) is 4.82. The number of thiazole rings is 1. The van der Waals surface area contributed by atoms with Crippen LogP contribution in [0.3, 0.4) is 0 Å². The number of alkyl halides is 6. The number of piperidine rings is 1. The van der Waals surface area contributed by atoms with Crippen LogP contribution in [-0.2, 0) is 56.5 Å². The van der Waals surface area contributed by atoms with Gasteiger partial charge in [-0.15, -0.1) is 11.3 Å². The normalized spacial score (nSPS) is 18.8. The van der Waals surface area contributed by atoms with Gasteiger partial charge in [-0.25, -0.2) is 4.98 Å². The van der Waals surface area contributed by atoms with Crippen LogP contribution < -0.4 is 4.18 Å². The number of halogens is 6. The molecule has 43 heavy (non-hydrogen) atoms. The summed E-state index contributed by atoms with van der Waals surface area (Å²) in [5.74, 6) is -0.708. The van der Waals surface area contributed by atoms with Crippen molar-refractivity contribution in [2.75, 3.05) is 19.3 Å². The van der Waals surface area contributed by atoms with Gasteiger partial charge in [0.05, 0.1) is 24.5 Å². The molecule has 1 unspecified atom stereocenters. The summed E-state index contributed by atoms with van der Waals surface area (Å²) in [4.78, 5) is 18.6. The van der Waals surface area contributed by atoms with Gasteiger partial charge in [0, 0.05) is 36.0 Å². The zero-order valence-electron chi connectivity index (χ0n) is 22.3. The van der Waals surface area contributed by atoms with E-state index in [0.717, 1.165) is 11.3 Å². The topological polar surface area (TPSA) is 113 Å². The molecule has 2 aromatic heterocycles. The smallest absolute Gasteiger partial charge is 0.382 e. The first-order valence-electron chi connectivity index (χ1n) is 12.8. The second kappa shape index (κ2) is 11.7. The molecule has 2 aliphatic heterocycles. The fraction of sp³-hybridized carbons (Fsp3) is 0.480. The van der Waals surface area contributed by atoms with E-state index in [0.29, 0.717) is 29.7 Å². The molecule has 4 heterocycles. The van der Waals surface area contributed by atoms with Crippen molar-refractivity contribution in [2.24, 2.45) is 0 Å². The molecule has 0 radical (unpaired) electrons. The highest BCUT2D eigenvalue weighted by Gasteiger charge is 2.42. The number of hydrogen-bond acceptors (Lipinski definition) is 9. The molecule has 1 aromatic carbocycles. The molecule has 1 saturated heterocycles. The maximum Gasteiger partial charge on any atom is 0.435 e. The Balaban J connectivity index is 1.19. The quantitative estimate of drug-likeness (QED) is 0.274. The summed E-state index contributed by atoms with van der Waals surface area (Å²) in [5.41, 5.74) is -1.64. The molecule has 5 rings (SSSR count). The predicted octanol–water partition coefficient (Wildman–Crippen LogP) is 4.87. The van der Waals surface area contributed by atoms with Gasteiger partial charge < -0.3 is 18.6 Å². The van der Waals surface area contributed by atoms with E-state index in [1.807, 2.05) is 0 Å². The maximum atomic E-state index is 13.3. The molecular formula is C25H24F6N4O6S2. The molecule has 10 nitrogen and oxygen atoms in total. The summed E-state index contributed by atoms with van der Waals surface area (Å²) in [5, 5.41) is 5.49. The van der Waals surface area contributed by atoms with Crippen LogP contribution in [0.5, 0.6) is 5.75 Å². The minimum absolute atomic E-state index is 0.00974. The third-order valence-corrected chi connectivity index (χ3v) is 8.37. The van der Waals surface area contributed by atoms with Crippen molar-refractivity contribution in [1.82, 2.24) is 19.7 Å². The summed E-state index contributed by atoms with van der Waals surface area (Å²) < 4.78 is 119. The van der Waals surface area contributed by atoms with E-state index >= 15 is 0 Å². The van der Waals surface area contributed by atoms with E-state index in [1.165, 1.54) is 22.3 Å². The van der Waals surface area contributed by atoms with Gasteiger partial charge in [0.2, 0.25) is 12.2 Å². The third kappa shape index (κ3) is 7.30. The number of carbonyl (C=O) groups excluding carboxylic acids is 1. The highest BCUT2D eigenvalue weighted by atomic mass is 32.2. The molecule has 0 spiro atoms. The van der Waals surface area contributed by atoms with Gasteiger partial charge >= 0.3 is 22.5 Å². The van der Waals surface area contributed by atoms with Crippen molar-refractivity contribution in [3.8, 4) is 5.75 Å². The molecule has 1 fully saturated rings. The van der Waals surface area contributed by atoms with Crippen molar-refractivity contribution < 1.29 is 53.2 Å². The zero-order chi connectivity index (χ0) is 31.2. The summed E-state index contributed by atoms with van der Waals surface area (Å²) >= 11 is 1.35. The number of benzene rings is 1. The maximum absolute atomic E-state index is 13.3. The number of carbonyl (C=O) groups is 1. The summed E-state index contributed by atoms with van der Waals surface area (Å²) in [6.07, 6.45) is -9.25. The van der Waals surface area contributed by atoms with Crippen LogP contribution >= 0.6 is 11.3 Å². The van der Waals surface area contributed by atoms with Crippen LogP contribution in [0.25, 0.3) is 0 Å². The Morgan fingerprint density at radius 2 is 1.79 bits per heavy atom. The van der Waals surface area contributed by atoms with Gasteiger partial charge in [0.15, 0.2) is 5.69 Å². The monoisotopic (exact) mass is 654 g/mol. The average Bonchev–Trinajstić information content (AvgIpc) is 3.51. The Bertz CT molecular complexity index is 1600. The Morgan fingerprint density at radius 1 is 1.09 bits per heavy atom. The number of fused-ring (bicyclic) bond motifs is 1. The Hall–Kier alpha value is -3.22. The summed E-state index contributed by atoms with van der Waals surface area (Å²) in [6.45, 7) is -0.516. The number of ether oxygens (including phenoxy) is 2. The third-order valence-electron chi connectivity index (χ3n) is 6.86. The van der Waals surface area contributed by atoms with Crippen molar-refractivity contribution in [1.29, 1.82) is 0 Å². The van der Waals surface area contributed by atoms with E-state index in [1.54, 1.807) is 17.5 Å². The lowest BCUT2D eigenvalue weighted by Crippen LogP contribution is -2.40. The lowest BCUT2D eigenvalue weighted by Gasteiger charge is -2.31. The van der Waals surface area contributed by atoms with E-state index in [9.17, 15) is 39.6 Å². The Labute approximate surface area is 245 Å². The fourth-order valence-corrected chi connectivity index (χ4v) is 6.27. The van der Waals surface area contributed by atoms with Crippen molar-refractivity contribution >= 4 is 27.4 Å². The van der Waals surface area contributed by atoms with Gasteiger partial charge in [-0.2, -0.15) is 39.9 Å². The van der Waals surface area contributed by atoms with Crippen molar-refractivity contribution in [3.63, 3.8) is 0 Å². The van der Waals surface area contributed by atoms with E-state index in [4.69, 9.17) is 13.7 Å². The highest BCUT2D eigenvalue weighted by Crippen LogP contribution is 2.37. The van der Waals surface area contributed by atoms with E-state index < -0.39 is 52.6 Å². The summed E-state index contributed by atoms with van der Waals surface area (Å²) in [7, 11) is -3.76. The molecule has 18 heteroatoms. The average molecular weight is 655 g/mol. The molecule has 1 atom stereocenters. The lowest BCUT2D eigenvalue weighted by atomic mass is 9.97.